The average Bonchev–Trinajstić information content (AvgIpc) is 2.81. The fourth-order valence-corrected chi connectivity index (χ4v) is 6.35. The van der Waals surface area contributed by atoms with Crippen LogP contribution in [0.1, 0.15) is 59.3 Å². The third-order valence-corrected chi connectivity index (χ3v) is 7.83. The smallest absolute Gasteiger partial charge is 0.335 e. The van der Waals surface area contributed by atoms with Crippen molar-refractivity contribution in [2.45, 2.75) is 64.2 Å². The molecule has 128 valence electrons. The Morgan fingerprint density at radius 2 is 1.96 bits per heavy atom. The van der Waals surface area contributed by atoms with Gasteiger partial charge in [-0.3, -0.25) is 4.79 Å². The Hall–Kier alpha value is -0.830. The van der Waals surface area contributed by atoms with E-state index in [4.69, 9.17) is 16.3 Å². The average molecular weight is 339 g/mol. The number of ether oxygens (including phenoxy) is 1. The number of esters is 1. The molecule has 0 aliphatic heterocycles. The van der Waals surface area contributed by atoms with E-state index < -0.39 is 10.8 Å². The van der Waals surface area contributed by atoms with Gasteiger partial charge in [-0.25, -0.2) is 4.79 Å². The number of halogens is 1. The molecule has 0 unspecified atom stereocenters. The molecule has 0 bridgehead atoms. The zero-order chi connectivity index (χ0) is 17.0. The fraction of sp³-hybridized carbons (Fsp3) is 0.789. The van der Waals surface area contributed by atoms with E-state index in [-0.39, 0.29) is 29.1 Å². The summed E-state index contributed by atoms with van der Waals surface area (Å²) in [5, 5.41) is 0. The van der Waals surface area contributed by atoms with Gasteiger partial charge < -0.3 is 4.74 Å². The molecule has 3 rings (SSSR count). The van der Waals surface area contributed by atoms with Crippen molar-refractivity contribution in [3.8, 4) is 0 Å². The highest BCUT2D eigenvalue weighted by molar-refractivity contribution is 6.46. The molecule has 0 aromatic heterocycles. The van der Waals surface area contributed by atoms with E-state index in [0.717, 1.165) is 32.1 Å². The number of hydrogen-bond acceptors (Lipinski definition) is 3. The molecule has 0 radical (unpaired) electrons. The molecule has 3 nitrogen and oxygen atoms in total. The SMILES string of the molecule is C=C1CC[C@H]2[C@]3(C)CCC(=O)[C@@](Cl)(C(=O)OCC)[C@H]3CC[C@@]12C. The Bertz CT molecular complexity index is 571. The molecule has 3 saturated carbocycles. The van der Waals surface area contributed by atoms with Crippen LogP contribution < -0.4 is 0 Å². The van der Waals surface area contributed by atoms with Crippen molar-refractivity contribution in [3.05, 3.63) is 12.2 Å². The largest absolute Gasteiger partial charge is 0.464 e. The van der Waals surface area contributed by atoms with Gasteiger partial charge in [-0.15, -0.1) is 0 Å². The Morgan fingerprint density at radius 3 is 2.61 bits per heavy atom. The maximum Gasteiger partial charge on any atom is 0.335 e. The molecule has 0 amide bonds. The maximum absolute atomic E-state index is 12.6. The number of carbonyl (C=O) groups is 2. The van der Waals surface area contributed by atoms with Gasteiger partial charge in [-0.05, 0) is 55.8 Å². The Balaban J connectivity index is 2.03. The lowest BCUT2D eigenvalue weighted by molar-refractivity contribution is -0.163. The second kappa shape index (κ2) is 5.34. The molecule has 4 heteroatoms. The first-order valence-electron chi connectivity index (χ1n) is 8.79. The summed E-state index contributed by atoms with van der Waals surface area (Å²) in [7, 11) is 0. The predicted molar refractivity (Wildman–Crippen MR) is 90.3 cm³/mol. The van der Waals surface area contributed by atoms with E-state index in [2.05, 4.69) is 20.4 Å². The van der Waals surface area contributed by atoms with Gasteiger partial charge >= 0.3 is 5.97 Å². The zero-order valence-corrected chi connectivity index (χ0v) is 15.2. The van der Waals surface area contributed by atoms with Gasteiger partial charge in [0.2, 0.25) is 4.87 Å². The number of fused-ring (bicyclic) bond motifs is 3. The highest BCUT2D eigenvalue weighted by Gasteiger charge is 2.67. The molecule has 3 aliphatic carbocycles. The van der Waals surface area contributed by atoms with E-state index in [1.807, 2.05) is 0 Å². The van der Waals surface area contributed by atoms with Crippen LogP contribution in [-0.4, -0.2) is 23.2 Å². The Morgan fingerprint density at radius 1 is 1.26 bits per heavy atom. The Labute approximate surface area is 143 Å². The second-order valence-electron chi connectivity index (χ2n) is 8.06. The van der Waals surface area contributed by atoms with E-state index in [0.29, 0.717) is 12.3 Å². The van der Waals surface area contributed by atoms with Crippen LogP contribution in [-0.2, 0) is 14.3 Å². The minimum Gasteiger partial charge on any atom is -0.464 e. The van der Waals surface area contributed by atoms with Crippen molar-refractivity contribution in [2.24, 2.45) is 22.7 Å². The van der Waals surface area contributed by atoms with E-state index in [9.17, 15) is 9.59 Å². The van der Waals surface area contributed by atoms with E-state index in [1.165, 1.54) is 5.57 Å². The summed E-state index contributed by atoms with van der Waals surface area (Å²) in [5.41, 5.74) is 1.35. The molecular formula is C19H27ClO3. The Kier molecular flexibility index (Phi) is 3.95. The molecule has 5 atom stereocenters. The lowest BCUT2D eigenvalue weighted by Gasteiger charge is -2.59. The monoisotopic (exact) mass is 338 g/mol. The summed E-state index contributed by atoms with van der Waals surface area (Å²) < 4.78 is 5.20. The summed E-state index contributed by atoms with van der Waals surface area (Å²) in [4.78, 5) is 23.7. The van der Waals surface area contributed by atoms with Gasteiger partial charge in [0.05, 0.1) is 6.61 Å². The van der Waals surface area contributed by atoms with Crippen LogP contribution in [0.15, 0.2) is 12.2 Å². The van der Waals surface area contributed by atoms with Crippen molar-refractivity contribution in [3.63, 3.8) is 0 Å². The van der Waals surface area contributed by atoms with Crippen LogP contribution in [0, 0.1) is 22.7 Å². The highest BCUT2D eigenvalue weighted by Crippen LogP contribution is 2.68. The second-order valence-corrected chi connectivity index (χ2v) is 8.66. The lowest BCUT2D eigenvalue weighted by Crippen LogP contribution is -2.62. The van der Waals surface area contributed by atoms with Crippen molar-refractivity contribution in [1.82, 2.24) is 0 Å². The van der Waals surface area contributed by atoms with Gasteiger partial charge in [0.15, 0.2) is 5.78 Å². The first kappa shape index (κ1) is 17.0. The minimum atomic E-state index is -1.49. The van der Waals surface area contributed by atoms with Crippen LogP contribution in [0.3, 0.4) is 0 Å². The molecule has 0 spiro atoms. The quantitative estimate of drug-likeness (QED) is 0.327. The predicted octanol–water partition coefficient (Wildman–Crippen LogP) is 4.28. The lowest BCUT2D eigenvalue weighted by atomic mass is 9.46. The van der Waals surface area contributed by atoms with E-state index in [1.54, 1.807) is 6.92 Å². The molecule has 3 fully saturated rings. The minimum absolute atomic E-state index is 0.102. The molecular weight excluding hydrogens is 312 g/mol. The summed E-state index contributed by atoms with van der Waals surface area (Å²) in [5.74, 6) is -0.383. The topological polar surface area (TPSA) is 43.4 Å². The van der Waals surface area contributed by atoms with Crippen LogP contribution in [0.2, 0.25) is 0 Å². The number of rotatable bonds is 2. The first-order chi connectivity index (χ1) is 10.7. The fourth-order valence-electron chi connectivity index (χ4n) is 5.85. The van der Waals surface area contributed by atoms with Crippen molar-refractivity contribution < 1.29 is 14.3 Å². The molecule has 0 N–H and O–H groups in total. The molecule has 0 aromatic rings. The third kappa shape index (κ3) is 2.08. The van der Waals surface area contributed by atoms with Gasteiger partial charge in [0.1, 0.15) is 0 Å². The number of carbonyl (C=O) groups excluding carboxylic acids is 2. The van der Waals surface area contributed by atoms with Gasteiger partial charge in [-0.2, -0.15) is 0 Å². The number of allylic oxidation sites excluding steroid dienone is 1. The highest BCUT2D eigenvalue weighted by atomic mass is 35.5. The third-order valence-electron chi connectivity index (χ3n) is 7.21. The summed E-state index contributed by atoms with van der Waals surface area (Å²) in [6.45, 7) is 10.9. The molecule has 0 saturated heterocycles. The normalized spacial score (nSPS) is 46.3. The van der Waals surface area contributed by atoms with Gasteiger partial charge in [-0.1, -0.05) is 37.6 Å². The van der Waals surface area contributed by atoms with Crippen molar-refractivity contribution in [1.29, 1.82) is 0 Å². The zero-order valence-electron chi connectivity index (χ0n) is 14.4. The standard InChI is InChI=1S/C19H27ClO3/c1-5-23-16(22)19(20)14-8-10-17(3)12(2)6-7-13(17)18(14,4)11-9-15(19)21/h13-14H,2,5-11H2,1,3-4H3/t13-,14+,17+,18+,19-/m1/s1. The molecule has 23 heavy (non-hydrogen) atoms. The van der Waals surface area contributed by atoms with Gasteiger partial charge in [0.25, 0.3) is 0 Å². The van der Waals surface area contributed by atoms with Crippen LogP contribution in [0.5, 0.6) is 0 Å². The number of Topliss-reactive ketones (excluding diaryl/α,β-unsaturated/α-hetero) is 1. The summed E-state index contributed by atoms with van der Waals surface area (Å²) in [6.07, 6.45) is 5.07. The number of hydrogen-bond donors (Lipinski definition) is 0. The molecule has 0 heterocycles. The van der Waals surface area contributed by atoms with Crippen molar-refractivity contribution in [2.75, 3.05) is 6.61 Å². The van der Waals surface area contributed by atoms with Crippen LogP contribution in [0.25, 0.3) is 0 Å². The van der Waals surface area contributed by atoms with E-state index >= 15 is 0 Å². The number of alkyl halides is 1. The maximum atomic E-state index is 12.6. The van der Waals surface area contributed by atoms with Gasteiger partial charge in [0, 0.05) is 12.3 Å². The van der Waals surface area contributed by atoms with Crippen LogP contribution in [0.4, 0.5) is 0 Å². The van der Waals surface area contributed by atoms with Crippen molar-refractivity contribution >= 4 is 23.4 Å². The first-order valence-corrected chi connectivity index (χ1v) is 9.16. The van der Waals surface area contributed by atoms with Crippen LogP contribution >= 0.6 is 11.6 Å². The summed E-state index contributed by atoms with van der Waals surface area (Å²) in [6, 6.07) is 0. The number of ketones is 1. The molecule has 3 aliphatic rings. The summed E-state index contributed by atoms with van der Waals surface area (Å²) >= 11 is 6.74. The molecule has 0 aromatic carbocycles.